The van der Waals surface area contributed by atoms with E-state index >= 15 is 0 Å². The van der Waals surface area contributed by atoms with Crippen LogP contribution in [-0.2, 0) is 0 Å². The number of hydrogen-bond donors (Lipinski definition) is 1. The molecule has 0 heterocycles. The van der Waals surface area contributed by atoms with Crippen molar-refractivity contribution in [2.45, 2.75) is 26.8 Å². The Bertz CT molecular complexity index is 567. The molecular weight excluding hydrogens is 256 g/mol. The maximum Gasteiger partial charge on any atom is 0.123 e. The summed E-state index contributed by atoms with van der Waals surface area (Å²) >= 11 is 0. The van der Waals surface area contributed by atoms with E-state index in [9.17, 15) is 8.78 Å². The summed E-state index contributed by atoms with van der Waals surface area (Å²) in [5.74, 6) is -0.477. The first-order valence-electron chi connectivity index (χ1n) is 6.78. The average Bonchev–Trinajstić information content (AvgIpc) is 2.37. The molecule has 0 spiro atoms. The van der Waals surface area contributed by atoms with Gasteiger partial charge in [-0.2, -0.15) is 0 Å². The van der Waals surface area contributed by atoms with Gasteiger partial charge in [0, 0.05) is 0 Å². The normalized spacial score (nSPS) is 12.4. The van der Waals surface area contributed by atoms with Gasteiger partial charge in [-0.25, -0.2) is 8.78 Å². The standard InChI is InChI=1S/C17H19F2N/c1-4-20-17(13-5-7-14(18)8-6-13)16-11(2)9-15(19)10-12(16)3/h5-10,17,20H,4H2,1-3H3. The van der Waals surface area contributed by atoms with Crippen molar-refractivity contribution in [3.63, 3.8) is 0 Å². The molecule has 1 unspecified atom stereocenters. The van der Waals surface area contributed by atoms with Gasteiger partial charge in [0.15, 0.2) is 0 Å². The Balaban J connectivity index is 2.51. The van der Waals surface area contributed by atoms with Crippen molar-refractivity contribution in [3.8, 4) is 0 Å². The molecule has 0 aliphatic carbocycles. The Morgan fingerprint density at radius 3 is 2.00 bits per heavy atom. The van der Waals surface area contributed by atoms with E-state index in [0.717, 1.165) is 28.8 Å². The van der Waals surface area contributed by atoms with Crippen molar-refractivity contribution in [2.24, 2.45) is 0 Å². The molecule has 0 fully saturated rings. The minimum atomic E-state index is -0.253. The zero-order chi connectivity index (χ0) is 14.7. The molecule has 0 aliphatic rings. The van der Waals surface area contributed by atoms with Gasteiger partial charge in [0.05, 0.1) is 6.04 Å². The molecule has 0 bridgehead atoms. The Morgan fingerprint density at radius 1 is 0.950 bits per heavy atom. The number of aryl methyl sites for hydroxylation is 2. The van der Waals surface area contributed by atoms with Gasteiger partial charge in [-0.15, -0.1) is 0 Å². The second-order valence-electron chi connectivity index (χ2n) is 5.00. The lowest BCUT2D eigenvalue weighted by Crippen LogP contribution is -2.23. The van der Waals surface area contributed by atoms with Crippen molar-refractivity contribution in [1.82, 2.24) is 5.32 Å². The molecule has 1 N–H and O–H groups in total. The molecular formula is C17H19F2N. The molecule has 0 aliphatic heterocycles. The summed E-state index contributed by atoms with van der Waals surface area (Å²) in [5.41, 5.74) is 3.83. The van der Waals surface area contributed by atoms with Crippen LogP contribution in [0, 0.1) is 25.5 Å². The molecule has 0 saturated carbocycles. The zero-order valence-corrected chi connectivity index (χ0v) is 12.0. The Morgan fingerprint density at radius 2 is 1.50 bits per heavy atom. The highest BCUT2D eigenvalue weighted by atomic mass is 19.1. The van der Waals surface area contributed by atoms with Crippen LogP contribution >= 0.6 is 0 Å². The minimum absolute atomic E-state index is 0.0544. The quantitative estimate of drug-likeness (QED) is 0.878. The molecule has 2 aromatic rings. The van der Waals surface area contributed by atoms with Gasteiger partial charge in [-0.05, 0) is 66.9 Å². The molecule has 20 heavy (non-hydrogen) atoms. The highest BCUT2D eigenvalue weighted by Crippen LogP contribution is 2.28. The van der Waals surface area contributed by atoms with Crippen LogP contribution < -0.4 is 5.32 Å². The van der Waals surface area contributed by atoms with Gasteiger partial charge in [0.2, 0.25) is 0 Å². The number of nitrogens with one attached hydrogen (secondary N) is 1. The Hall–Kier alpha value is -1.74. The van der Waals surface area contributed by atoms with Crippen LogP contribution in [0.25, 0.3) is 0 Å². The lowest BCUT2D eigenvalue weighted by Gasteiger charge is -2.23. The van der Waals surface area contributed by atoms with Crippen molar-refractivity contribution in [2.75, 3.05) is 6.54 Å². The second kappa shape index (κ2) is 6.14. The van der Waals surface area contributed by atoms with Crippen LogP contribution in [0.4, 0.5) is 8.78 Å². The Kier molecular flexibility index (Phi) is 4.50. The molecule has 2 rings (SSSR count). The summed E-state index contributed by atoms with van der Waals surface area (Å²) in [5, 5.41) is 3.39. The number of benzene rings is 2. The summed E-state index contributed by atoms with van der Waals surface area (Å²) < 4.78 is 26.5. The van der Waals surface area contributed by atoms with Gasteiger partial charge >= 0.3 is 0 Å². The highest BCUT2D eigenvalue weighted by Gasteiger charge is 2.18. The van der Waals surface area contributed by atoms with E-state index in [2.05, 4.69) is 5.32 Å². The first-order valence-corrected chi connectivity index (χ1v) is 6.78. The first-order chi connectivity index (χ1) is 9.52. The van der Waals surface area contributed by atoms with Crippen molar-refractivity contribution in [1.29, 1.82) is 0 Å². The van der Waals surface area contributed by atoms with Crippen LogP contribution in [0.3, 0.4) is 0 Å². The molecule has 3 heteroatoms. The zero-order valence-electron chi connectivity index (χ0n) is 12.0. The fourth-order valence-corrected chi connectivity index (χ4v) is 2.62. The Labute approximate surface area is 118 Å². The summed E-state index contributed by atoms with van der Waals surface area (Å²) in [7, 11) is 0. The second-order valence-corrected chi connectivity index (χ2v) is 5.00. The van der Waals surface area contributed by atoms with E-state index in [0.29, 0.717) is 0 Å². The maximum atomic E-state index is 13.4. The average molecular weight is 275 g/mol. The molecule has 1 atom stereocenters. The van der Waals surface area contributed by atoms with E-state index in [-0.39, 0.29) is 17.7 Å². The van der Waals surface area contributed by atoms with Gasteiger partial charge in [-0.3, -0.25) is 0 Å². The minimum Gasteiger partial charge on any atom is -0.307 e. The lowest BCUT2D eigenvalue weighted by molar-refractivity contribution is 0.601. The summed E-state index contributed by atoms with van der Waals surface area (Å²) in [6.45, 7) is 6.60. The summed E-state index contributed by atoms with van der Waals surface area (Å²) in [6, 6.07) is 9.46. The molecule has 106 valence electrons. The van der Waals surface area contributed by atoms with Crippen LogP contribution in [0.1, 0.15) is 35.2 Å². The van der Waals surface area contributed by atoms with Crippen molar-refractivity contribution in [3.05, 3.63) is 70.3 Å². The van der Waals surface area contributed by atoms with Crippen LogP contribution in [0.15, 0.2) is 36.4 Å². The van der Waals surface area contributed by atoms with Gasteiger partial charge in [0.1, 0.15) is 11.6 Å². The predicted octanol–water partition coefficient (Wildman–Crippen LogP) is 4.28. The van der Waals surface area contributed by atoms with E-state index in [1.54, 1.807) is 12.1 Å². The molecule has 0 aromatic heterocycles. The molecule has 1 nitrogen and oxygen atoms in total. The molecule has 0 amide bonds. The predicted molar refractivity (Wildman–Crippen MR) is 77.8 cm³/mol. The third-order valence-electron chi connectivity index (χ3n) is 3.46. The van der Waals surface area contributed by atoms with Crippen LogP contribution in [-0.4, -0.2) is 6.54 Å². The van der Waals surface area contributed by atoms with Gasteiger partial charge in [-0.1, -0.05) is 19.1 Å². The van der Waals surface area contributed by atoms with Crippen LogP contribution in [0.5, 0.6) is 0 Å². The summed E-state index contributed by atoms with van der Waals surface area (Å²) in [4.78, 5) is 0. The number of halogens is 2. The molecule has 2 aromatic carbocycles. The topological polar surface area (TPSA) is 12.0 Å². The van der Waals surface area contributed by atoms with Crippen molar-refractivity contribution < 1.29 is 8.78 Å². The fraction of sp³-hybridized carbons (Fsp3) is 0.294. The largest absolute Gasteiger partial charge is 0.307 e. The van der Waals surface area contributed by atoms with Crippen LogP contribution in [0.2, 0.25) is 0 Å². The maximum absolute atomic E-state index is 13.4. The van der Waals surface area contributed by atoms with E-state index in [1.807, 2.05) is 20.8 Å². The number of hydrogen-bond acceptors (Lipinski definition) is 1. The number of rotatable bonds is 4. The van der Waals surface area contributed by atoms with E-state index < -0.39 is 0 Å². The van der Waals surface area contributed by atoms with Gasteiger partial charge < -0.3 is 5.32 Å². The lowest BCUT2D eigenvalue weighted by atomic mass is 9.91. The van der Waals surface area contributed by atoms with E-state index in [1.165, 1.54) is 24.3 Å². The molecule has 0 radical (unpaired) electrons. The fourth-order valence-electron chi connectivity index (χ4n) is 2.62. The molecule has 0 saturated heterocycles. The van der Waals surface area contributed by atoms with Gasteiger partial charge in [0.25, 0.3) is 0 Å². The van der Waals surface area contributed by atoms with E-state index in [4.69, 9.17) is 0 Å². The third-order valence-corrected chi connectivity index (χ3v) is 3.46. The third kappa shape index (κ3) is 3.05. The smallest absolute Gasteiger partial charge is 0.123 e. The SMILES string of the molecule is CCNC(c1ccc(F)cc1)c1c(C)cc(F)cc1C. The summed E-state index contributed by atoms with van der Waals surface area (Å²) in [6.07, 6.45) is 0. The highest BCUT2D eigenvalue weighted by molar-refractivity contribution is 5.42. The monoisotopic (exact) mass is 275 g/mol. The van der Waals surface area contributed by atoms with Crippen molar-refractivity contribution >= 4 is 0 Å². The first kappa shape index (κ1) is 14.7.